The number of H-pyrrole nitrogens is 1. The van der Waals surface area contributed by atoms with Gasteiger partial charge in [-0.15, -0.1) is 11.3 Å². The van der Waals surface area contributed by atoms with E-state index in [-0.39, 0.29) is 6.54 Å². The lowest BCUT2D eigenvalue weighted by atomic mass is 10.3. The maximum atomic E-state index is 11.6. The fourth-order valence-electron chi connectivity index (χ4n) is 1.62. The zero-order valence-corrected chi connectivity index (χ0v) is 12.7. The fourth-order valence-corrected chi connectivity index (χ4v) is 3.24. The van der Waals surface area contributed by atoms with Crippen LogP contribution in [0.1, 0.15) is 10.6 Å². The van der Waals surface area contributed by atoms with Gasteiger partial charge in [-0.05, 0) is 6.92 Å². The molecule has 2 rings (SSSR count). The molecule has 2 aromatic rings. The summed E-state index contributed by atoms with van der Waals surface area (Å²) >= 11 is 1.44. The number of thiazole rings is 1. The second-order valence-electron chi connectivity index (χ2n) is 3.99. The number of halogens is 1. The third-order valence-corrected chi connectivity index (χ3v) is 4.98. The molecule has 2 aromatic heterocycles. The van der Waals surface area contributed by atoms with Gasteiger partial charge in [-0.25, -0.2) is 18.2 Å². The van der Waals surface area contributed by atoms with E-state index in [9.17, 15) is 18.0 Å². The van der Waals surface area contributed by atoms with E-state index in [1.165, 1.54) is 11.3 Å². The summed E-state index contributed by atoms with van der Waals surface area (Å²) in [6.07, 6.45) is 1.46. The summed E-state index contributed by atoms with van der Waals surface area (Å²) in [5.41, 5.74) is 0.851. The standard InChI is InChI=1S/C10H10ClN3O4S2/c1-6-7(19-5-12-6)2-3-14-4-8(20(11,17)18)9(15)13-10(14)16/h4-5H,2-3H2,1H3,(H,13,15,16). The van der Waals surface area contributed by atoms with Crippen LogP contribution in [0.2, 0.25) is 0 Å². The Kier molecular flexibility index (Phi) is 4.11. The Morgan fingerprint density at radius 2 is 2.15 bits per heavy atom. The molecule has 20 heavy (non-hydrogen) atoms. The second-order valence-corrected chi connectivity index (χ2v) is 7.47. The number of nitrogens with zero attached hydrogens (tertiary/aromatic N) is 2. The number of nitrogens with one attached hydrogen (secondary N) is 1. The van der Waals surface area contributed by atoms with Gasteiger partial charge in [0, 0.05) is 34.7 Å². The van der Waals surface area contributed by atoms with Gasteiger partial charge in [0.15, 0.2) is 4.90 Å². The van der Waals surface area contributed by atoms with E-state index in [1.54, 1.807) is 5.51 Å². The van der Waals surface area contributed by atoms with Crippen LogP contribution in [0.5, 0.6) is 0 Å². The van der Waals surface area contributed by atoms with Crippen LogP contribution >= 0.6 is 22.0 Å². The third kappa shape index (κ3) is 3.17. The average Bonchev–Trinajstić information content (AvgIpc) is 2.72. The van der Waals surface area contributed by atoms with E-state index in [0.717, 1.165) is 21.3 Å². The predicted molar refractivity (Wildman–Crippen MR) is 74.9 cm³/mol. The summed E-state index contributed by atoms with van der Waals surface area (Å²) < 4.78 is 23.6. The molecule has 10 heteroatoms. The lowest BCUT2D eigenvalue weighted by molar-refractivity contribution is 0.597. The number of aromatic amines is 1. The van der Waals surface area contributed by atoms with Gasteiger partial charge in [0.05, 0.1) is 11.2 Å². The van der Waals surface area contributed by atoms with Crippen molar-refractivity contribution in [1.29, 1.82) is 0 Å². The third-order valence-electron chi connectivity index (χ3n) is 2.67. The van der Waals surface area contributed by atoms with E-state index < -0.39 is 25.2 Å². The Bertz CT molecular complexity index is 850. The molecule has 2 heterocycles. The maximum absolute atomic E-state index is 11.6. The number of aryl methyl sites for hydroxylation is 3. The van der Waals surface area contributed by atoms with Crippen molar-refractivity contribution in [3.63, 3.8) is 0 Å². The predicted octanol–water partition coefficient (Wildman–Crippen LogP) is 0.472. The van der Waals surface area contributed by atoms with Gasteiger partial charge in [-0.3, -0.25) is 14.3 Å². The van der Waals surface area contributed by atoms with Crippen molar-refractivity contribution in [2.24, 2.45) is 0 Å². The number of hydrogen-bond donors (Lipinski definition) is 1. The average molecular weight is 336 g/mol. The lowest BCUT2D eigenvalue weighted by Gasteiger charge is -2.05. The van der Waals surface area contributed by atoms with Crippen molar-refractivity contribution in [3.05, 3.63) is 43.1 Å². The minimum atomic E-state index is -4.19. The largest absolute Gasteiger partial charge is 0.328 e. The van der Waals surface area contributed by atoms with Crippen LogP contribution in [0.15, 0.2) is 26.2 Å². The van der Waals surface area contributed by atoms with Crippen molar-refractivity contribution in [3.8, 4) is 0 Å². The highest BCUT2D eigenvalue weighted by Crippen LogP contribution is 2.13. The van der Waals surface area contributed by atoms with Crippen molar-refractivity contribution in [2.75, 3.05) is 0 Å². The molecule has 0 aliphatic carbocycles. The normalized spacial score (nSPS) is 11.7. The highest BCUT2D eigenvalue weighted by molar-refractivity contribution is 8.13. The van der Waals surface area contributed by atoms with E-state index in [4.69, 9.17) is 10.7 Å². The van der Waals surface area contributed by atoms with Gasteiger partial charge in [-0.1, -0.05) is 0 Å². The molecule has 0 saturated heterocycles. The number of hydrogen-bond acceptors (Lipinski definition) is 6. The summed E-state index contributed by atoms with van der Waals surface area (Å²) in [7, 11) is 0.948. The zero-order chi connectivity index (χ0) is 14.9. The molecule has 108 valence electrons. The molecular weight excluding hydrogens is 326 g/mol. The Balaban J connectivity index is 2.36. The molecule has 0 atom stereocenters. The van der Waals surface area contributed by atoms with E-state index >= 15 is 0 Å². The quantitative estimate of drug-likeness (QED) is 0.818. The summed E-state index contributed by atoms with van der Waals surface area (Å²) in [5, 5.41) is 0. The van der Waals surface area contributed by atoms with Crippen molar-refractivity contribution < 1.29 is 8.42 Å². The van der Waals surface area contributed by atoms with Gasteiger partial charge >= 0.3 is 5.69 Å². The van der Waals surface area contributed by atoms with Crippen LogP contribution in [0.4, 0.5) is 0 Å². The molecule has 0 spiro atoms. The Morgan fingerprint density at radius 3 is 2.70 bits per heavy atom. The van der Waals surface area contributed by atoms with Crippen molar-refractivity contribution in [1.82, 2.24) is 14.5 Å². The maximum Gasteiger partial charge on any atom is 0.328 e. The smallest absolute Gasteiger partial charge is 0.299 e. The molecule has 0 aliphatic heterocycles. The molecular formula is C10H10ClN3O4S2. The Hall–Kier alpha value is -1.45. The van der Waals surface area contributed by atoms with Crippen molar-refractivity contribution >= 4 is 31.1 Å². The van der Waals surface area contributed by atoms with Gasteiger partial charge in [0.1, 0.15) is 0 Å². The van der Waals surface area contributed by atoms with Crippen LogP contribution in [0.25, 0.3) is 0 Å². The van der Waals surface area contributed by atoms with Crippen LogP contribution in [-0.2, 0) is 22.0 Å². The minimum absolute atomic E-state index is 0.220. The van der Waals surface area contributed by atoms with Gasteiger partial charge < -0.3 is 0 Å². The fraction of sp³-hybridized carbons (Fsp3) is 0.300. The molecule has 7 nitrogen and oxygen atoms in total. The highest BCUT2D eigenvalue weighted by atomic mass is 35.7. The monoisotopic (exact) mass is 335 g/mol. The molecule has 0 radical (unpaired) electrons. The highest BCUT2D eigenvalue weighted by Gasteiger charge is 2.17. The topological polar surface area (TPSA) is 102 Å². The first-order chi connectivity index (χ1) is 9.29. The zero-order valence-electron chi connectivity index (χ0n) is 10.3. The van der Waals surface area contributed by atoms with Gasteiger partial charge in [-0.2, -0.15) is 0 Å². The minimum Gasteiger partial charge on any atom is -0.299 e. The number of aromatic nitrogens is 3. The first-order valence-electron chi connectivity index (χ1n) is 5.46. The van der Waals surface area contributed by atoms with Crippen LogP contribution < -0.4 is 11.2 Å². The second kappa shape index (κ2) is 5.51. The van der Waals surface area contributed by atoms with E-state index in [0.29, 0.717) is 6.42 Å². The SMILES string of the molecule is Cc1ncsc1CCn1cc(S(=O)(=O)Cl)c(=O)[nH]c1=O. The molecule has 0 fully saturated rings. The molecule has 0 bridgehead atoms. The molecule has 0 saturated carbocycles. The summed E-state index contributed by atoms with van der Waals surface area (Å²) in [6, 6.07) is 0. The first kappa shape index (κ1) is 14.9. The van der Waals surface area contributed by atoms with Crippen LogP contribution in [0, 0.1) is 6.92 Å². The Morgan fingerprint density at radius 1 is 1.45 bits per heavy atom. The summed E-state index contributed by atoms with van der Waals surface area (Å²) in [4.78, 5) is 29.4. The van der Waals surface area contributed by atoms with Gasteiger partial charge in [0.2, 0.25) is 0 Å². The van der Waals surface area contributed by atoms with Crippen LogP contribution in [0.3, 0.4) is 0 Å². The summed E-state index contributed by atoms with van der Waals surface area (Å²) in [6.45, 7) is 2.06. The van der Waals surface area contributed by atoms with Gasteiger partial charge in [0.25, 0.3) is 14.6 Å². The van der Waals surface area contributed by atoms with Crippen LogP contribution in [-0.4, -0.2) is 23.0 Å². The molecule has 0 unspecified atom stereocenters. The lowest BCUT2D eigenvalue weighted by Crippen LogP contribution is -2.32. The molecule has 1 N–H and O–H groups in total. The number of rotatable bonds is 4. The van der Waals surface area contributed by atoms with Crippen molar-refractivity contribution in [2.45, 2.75) is 24.8 Å². The first-order valence-corrected chi connectivity index (χ1v) is 8.65. The molecule has 0 aromatic carbocycles. The summed E-state index contributed by atoms with van der Waals surface area (Å²) in [5.74, 6) is 0. The molecule has 0 amide bonds. The molecule has 0 aliphatic rings. The van der Waals surface area contributed by atoms with E-state index in [1.807, 2.05) is 11.9 Å². The van der Waals surface area contributed by atoms with E-state index in [2.05, 4.69) is 4.98 Å². The Labute approximate surface area is 122 Å².